The number of esters is 2. The summed E-state index contributed by atoms with van der Waals surface area (Å²) in [5, 5.41) is 11.0. The Morgan fingerprint density at radius 3 is 2.36 bits per heavy atom. The van der Waals surface area contributed by atoms with Crippen molar-refractivity contribution in [3.8, 4) is 5.75 Å². The van der Waals surface area contributed by atoms with Crippen molar-refractivity contribution in [1.29, 1.82) is 0 Å². The predicted octanol–water partition coefficient (Wildman–Crippen LogP) is 3.89. The molecule has 7 nitrogen and oxygen atoms in total. The fourth-order valence-corrected chi connectivity index (χ4v) is 2.22. The van der Waals surface area contributed by atoms with Crippen LogP contribution in [0.25, 0.3) is 0 Å². The van der Waals surface area contributed by atoms with Gasteiger partial charge in [0.05, 0.1) is 22.7 Å². The zero-order valence-electron chi connectivity index (χ0n) is 12.8. The first-order valence-corrected chi connectivity index (χ1v) is 7.75. The van der Waals surface area contributed by atoms with Gasteiger partial charge in [-0.2, -0.15) is 0 Å². The van der Waals surface area contributed by atoms with Gasteiger partial charge in [-0.1, -0.05) is 15.9 Å². The monoisotopic (exact) mass is 411 g/mol. The number of halogens is 2. The van der Waals surface area contributed by atoms with E-state index >= 15 is 0 Å². The van der Waals surface area contributed by atoms with Gasteiger partial charge in [-0.3, -0.25) is 10.1 Å². The molecule has 2 aromatic carbocycles. The van der Waals surface area contributed by atoms with Crippen LogP contribution in [0, 0.1) is 15.9 Å². The maximum absolute atomic E-state index is 13.8. The lowest BCUT2D eigenvalue weighted by Crippen LogP contribution is -2.12. The Kier molecular flexibility index (Phi) is 5.81. The van der Waals surface area contributed by atoms with Crippen molar-refractivity contribution >= 4 is 33.6 Å². The Morgan fingerprint density at radius 1 is 1.16 bits per heavy atom. The van der Waals surface area contributed by atoms with Gasteiger partial charge in [0, 0.05) is 16.6 Å². The first-order valence-electron chi connectivity index (χ1n) is 6.95. The minimum absolute atomic E-state index is 0.0609. The van der Waals surface area contributed by atoms with Gasteiger partial charge in [0.1, 0.15) is 0 Å². The molecule has 0 bridgehead atoms. The number of rotatable bonds is 5. The van der Waals surface area contributed by atoms with Crippen molar-refractivity contribution in [3.63, 3.8) is 0 Å². The fraction of sp³-hybridized carbons (Fsp3) is 0.125. The molecule has 9 heteroatoms. The second kappa shape index (κ2) is 7.84. The van der Waals surface area contributed by atoms with Crippen LogP contribution in [0.5, 0.6) is 5.75 Å². The largest absolute Gasteiger partial charge is 0.462 e. The Hall–Kier alpha value is -2.81. The molecule has 0 atom stereocenters. The zero-order valence-corrected chi connectivity index (χ0v) is 14.4. The molecule has 0 aromatic heterocycles. The normalized spacial score (nSPS) is 10.2. The molecule has 0 saturated carbocycles. The van der Waals surface area contributed by atoms with Crippen LogP contribution in [-0.2, 0) is 4.74 Å². The van der Waals surface area contributed by atoms with Gasteiger partial charge in [-0.05, 0) is 31.2 Å². The smallest absolute Gasteiger partial charge is 0.343 e. The Morgan fingerprint density at radius 2 is 1.80 bits per heavy atom. The first-order chi connectivity index (χ1) is 11.8. The SMILES string of the molecule is CCOC(=O)c1cc(C(=O)Oc2ccc(Br)cc2F)cc([N+](=O)[O-])c1. The molecule has 0 spiro atoms. The molecule has 0 heterocycles. The molecule has 0 aliphatic rings. The van der Waals surface area contributed by atoms with Crippen LogP contribution in [0.15, 0.2) is 40.9 Å². The van der Waals surface area contributed by atoms with Gasteiger partial charge >= 0.3 is 11.9 Å². The summed E-state index contributed by atoms with van der Waals surface area (Å²) in [4.78, 5) is 34.2. The lowest BCUT2D eigenvalue weighted by Gasteiger charge is -2.07. The van der Waals surface area contributed by atoms with Crippen molar-refractivity contribution in [2.24, 2.45) is 0 Å². The maximum Gasteiger partial charge on any atom is 0.343 e. The summed E-state index contributed by atoms with van der Waals surface area (Å²) in [7, 11) is 0. The minimum Gasteiger partial charge on any atom is -0.462 e. The molecule has 0 fully saturated rings. The van der Waals surface area contributed by atoms with E-state index in [1.54, 1.807) is 6.92 Å². The molecule has 0 N–H and O–H groups in total. The number of non-ortho nitro benzene ring substituents is 1. The van der Waals surface area contributed by atoms with Crippen LogP contribution in [0.1, 0.15) is 27.6 Å². The Balaban J connectivity index is 2.37. The lowest BCUT2D eigenvalue weighted by molar-refractivity contribution is -0.384. The molecule has 2 aromatic rings. The van der Waals surface area contributed by atoms with E-state index in [1.807, 2.05) is 0 Å². The van der Waals surface area contributed by atoms with Crippen molar-refractivity contribution in [3.05, 3.63) is 67.9 Å². The molecular weight excluding hydrogens is 401 g/mol. The average molecular weight is 412 g/mol. The molecule has 0 amide bonds. The highest BCUT2D eigenvalue weighted by molar-refractivity contribution is 9.10. The van der Waals surface area contributed by atoms with Crippen LogP contribution in [0.4, 0.5) is 10.1 Å². The van der Waals surface area contributed by atoms with Crippen molar-refractivity contribution in [2.75, 3.05) is 6.61 Å². The van der Waals surface area contributed by atoms with Crippen LogP contribution >= 0.6 is 15.9 Å². The third-order valence-corrected chi connectivity index (χ3v) is 3.47. The van der Waals surface area contributed by atoms with Crippen molar-refractivity contribution in [1.82, 2.24) is 0 Å². The van der Waals surface area contributed by atoms with Gasteiger partial charge < -0.3 is 9.47 Å². The highest BCUT2D eigenvalue weighted by Crippen LogP contribution is 2.24. The number of nitro groups is 1. The lowest BCUT2D eigenvalue weighted by atomic mass is 10.1. The van der Waals surface area contributed by atoms with Gasteiger partial charge in [0.15, 0.2) is 11.6 Å². The third kappa shape index (κ3) is 4.60. The molecule has 130 valence electrons. The number of carbonyl (C=O) groups is 2. The van der Waals surface area contributed by atoms with E-state index in [2.05, 4.69) is 15.9 Å². The number of carbonyl (C=O) groups excluding carboxylic acids is 2. The van der Waals surface area contributed by atoms with Gasteiger partial charge in [-0.15, -0.1) is 0 Å². The second-order valence-electron chi connectivity index (χ2n) is 4.71. The van der Waals surface area contributed by atoms with Crippen LogP contribution in [0.3, 0.4) is 0 Å². The predicted molar refractivity (Wildman–Crippen MR) is 88.1 cm³/mol. The highest BCUT2D eigenvalue weighted by Gasteiger charge is 2.20. The summed E-state index contributed by atoms with van der Waals surface area (Å²) < 4.78 is 23.9. The maximum atomic E-state index is 13.8. The van der Waals surface area contributed by atoms with Crippen LogP contribution in [0.2, 0.25) is 0 Å². The van der Waals surface area contributed by atoms with Gasteiger partial charge in [0.2, 0.25) is 0 Å². The molecule has 25 heavy (non-hydrogen) atoms. The fourth-order valence-electron chi connectivity index (χ4n) is 1.88. The van der Waals surface area contributed by atoms with Gasteiger partial charge in [0.25, 0.3) is 5.69 Å². The van der Waals surface area contributed by atoms with Crippen molar-refractivity contribution in [2.45, 2.75) is 6.92 Å². The number of nitrogens with zero attached hydrogens (tertiary/aromatic N) is 1. The molecule has 0 aliphatic carbocycles. The van der Waals surface area contributed by atoms with E-state index in [0.717, 1.165) is 24.3 Å². The summed E-state index contributed by atoms with van der Waals surface area (Å²) in [5.41, 5.74) is -0.951. The van der Waals surface area contributed by atoms with E-state index < -0.39 is 28.4 Å². The minimum atomic E-state index is -1.05. The number of hydrogen-bond acceptors (Lipinski definition) is 6. The van der Waals surface area contributed by atoms with E-state index in [-0.39, 0.29) is 23.5 Å². The quantitative estimate of drug-likeness (QED) is 0.320. The average Bonchev–Trinajstić information content (AvgIpc) is 2.57. The summed E-state index contributed by atoms with van der Waals surface area (Å²) >= 11 is 3.07. The van der Waals surface area contributed by atoms with E-state index in [4.69, 9.17) is 9.47 Å². The van der Waals surface area contributed by atoms with Crippen LogP contribution < -0.4 is 4.74 Å². The summed E-state index contributed by atoms with van der Waals surface area (Å²) in [5.74, 6) is -3.01. The zero-order chi connectivity index (χ0) is 18.6. The van der Waals surface area contributed by atoms with Crippen LogP contribution in [-0.4, -0.2) is 23.5 Å². The summed E-state index contributed by atoms with van der Waals surface area (Å²) in [6.45, 7) is 1.63. The number of benzene rings is 2. The summed E-state index contributed by atoms with van der Waals surface area (Å²) in [6.07, 6.45) is 0. The molecule has 0 radical (unpaired) electrons. The second-order valence-corrected chi connectivity index (χ2v) is 5.63. The summed E-state index contributed by atoms with van der Waals surface area (Å²) in [6, 6.07) is 6.78. The Labute approximate surface area is 149 Å². The van der Waals surface area contributed by atoms with E-state index in [9.17, 15) is 24.1 Å². The van der Waals surface area contributed by atoms with E-state index in [0.29, 0.717) is 4.47 Å². The van der Waals surface area contributed by atoms with Crippen molar-refractivity contribution < 1.29 is 28.4 Å². The molecule has 2 rings (SSSR count). The first kappa shape index (κ1) is 18.5. The topological polar surface area (TPSA) is 95.7 Å². The number of hydrogen-bond donors (Lipinski definition) is 0. The third-order valence-electron chi connectivity index (χ3n) is 2.97. The molecule has 0 saturated heterocycles. The Bertz CT molecular complexity index is 855. The van der Waals surface area contributed by atoms with E-state index in [1.165, 1.54) is 12.1 Å². The number of ether oxygens (including phenoxy) is 2. The molecular formula is C16H11BrFNO6. The standard InChI is InChI=1S/C16H11BrFNO6/c1-2-24-15(20)9-5-10(7-12(6-9)19(22)23)16(21)25-14-4-3-11(17)8-13(14)18/h3-8H,2H2,1H3. The van der Waals surface area contributed by atoms with Gasteiger partial charge in [-0.25, -0.2) is 14.0 Å². The molecule has 0 aliphatic heterocycles. The molecule has 0 unspecified atom stereocenters. The highest BCUT2D eigenvalue weighted by atomic mass is 79.9. The number of nitro benzene ring substituents is 1.